The number of aromatic amines is 1. The summed E-state index contributed by atoms with van der Waals surface area (Å²) in [6.45, 7) is 1.75. The first kappa shape index (κ1) is 29.8. The number of alkyl halides is 3. The van der Waals surface area contributed by atoms with E-state index >= 15 is 0 Å². The number of rotatable bonds is 5. The van der Waals surface area contributed by atoms with Gasteiger partial charge in [-0.1, -0.05) is 35.6 Å². The SMILES string of the molecule is O=C(COc1ccccc1[C@@H]1c2sc(=O)[nH]c2S[C@@H]2[C@@H]3C[C@@H]([C@@H]4C(=O)N(c5cccc(C(F)(F)F)c5)C(=O)[C@@H]34)[C@H]12)N1CCOCC1. The molecule has 3 aliphatic heterocycles. The second kappa shape index (κ2) is 11.0. The smallest absolute Gasteiger partial charge is 0.416 e. The van der Waals surface area contributed by atoms with E-state index < -0.39 is 35.4 Å². The molecule has 2 saturated heterocycles. The number of anilines is 1. The van der Waals surface area contributed by atoms with Crippen LogP contribution in [0.2, 0.25) is 0 Å². The minimum absolute atomic E-state index is 0.0714. The first-order chi connectivity index (χ1) is 22.1. The lowest BCUT2D eigenvalue weighted by Crippen LogP contribution is -2.43. The van der Waals surface area contributed by atoms with Gasteiger partial charge in [-0.2, -0.15) is 13.2 Å². The van der Waals surface area contributed by atoms with Gasteiger partial charge in [-0.25, -0.2) is 0 Å². The minimum atomic E-state index is -4.62. The lowest BCUT2D eigenvalue weighted by Gasteiger charge is -2.43. The molecule has 1 N–H and O–H groups in total. The van der Waals surface area contributed by atoms with Gasteiger partial charge in [0.1, 0.15) is 5.75 Å². The van der Waals surface area contributed by atoms with E-state index in [1.807, 2.05) is 18.2 Å². The van der Waals surface area contributed by atoms with Crippen molar-refractivity contribution in [2.24, 2.45) is 29.6 Å². The molecule has 2 aliphatic carbocycles. The van der Waals surface area contributed by atoms with Gasteiger partial charge in [-0.3, -0.25) is 24.1 Å². The van der Waals surface area contributed by atoms with Crippen LogP contribution in [0.25, 0.3) is 0 Å². The van der Waals surface area contributed by atoms with Gasteiger partial charge < -0.3 is 19.4 Å². The standard InChI is InChI=1S/C32H28F3N3O6S2/c33-32(34,35)15-4-3-5-16(12-15)38-29(40)24-18-13-19(25(24)30(38)41)26-23(18)22(27-28(45-26)36-31(42)46-27)17-6-1-2-7-20(17)44-14-21(39)37-8-10-43-11-9-37/h1-7,12,18-19,22-26H,8-11,13-14H2,(H,36,42)/t18-,19-,22+,23-,24+,25+,26-/m1/s1. The normalized spacial score (nSPS) is 29.9. The number of fused-ring (bicyclic) bond motifs is 9. The van der Waals surface area contributed by atoms with Crippen molar-refractivity contribution in [3.63, 3.8) is 0 Å². The number of hydrogen-bond acceptors (Lipinski definition) is 8. The summed E-state index contributed by atoms with van der Waals surface area (Å²) in [5.41, 5.74) is -0.204. The molecule has 4 heterocycles. The van der Waals surface area contributed by atoms with Crippen molar-refractivity contribution in [2.75, 3.05) is 37.8 Å². The number of nitrogens with zero attached hydrogens (tertiary/aromatic N) is 2. The van der Waals surface area contributed by atoms with Crippen molar-refractivity contribution in [3.8, 4) is 5.75 Å². The van der Waals surface area contributed by atoms with E-state index in [1.165, 1.54) is 23.9 Å². The Kier molecular flexibility index (Phi) is 7.11. The van der Waals surface area contributed by atoms with Gasteiger partial charge in [0.05, 0.1) is 41.3 Å². The molecule has 0 unspecified atom stereocenters. The summed E-state index contributed by atoms with van der Waals surface area (Å²) in [4.78, 5) is 59.7. The van der Waals surface area contributed by atoms with E-state index in [0.29, 0.717) is 38.5 Å². The maximum absolute atomic E-state index is 14.0. The number of carbonyl (C=O) groups excluding carboxylic acids is 3. The highest BCUT2D eigenvalue weighted by atomic mass is 32.2. The number of ether oxygens (including phenoxy) is 2. The molecule has 3 amide bonds. The molecule has 4 fully saturated rings. The molecule has 2 saturated carbocycles. The van der Waals surface area contributed by atoms with Crippen LogP contribution in [0.3, 0.4) is 0 Å². The average Bonchev–Trinajstić information content (AvgIpc) is 3.79. The monoisotopic (exact) mass is 671 g/mol. The number of carbonyl (C=O) groups is 3. The van der Waals surface area contributed by atoms with Crippen LogP contribution in [-0.4, -0.2) is 65.8 Å². The Labute approximate surface area is 269 Å². The van der Waals surface area contributed by atoms with Crippen LogP contribution in [0.4, 0.5) is 18.9 Å². The number of para-hydroxylation sites is 1. The molecule has 7 atom stereocenters. The predicted octanol–water partition coefficient (Wildman–Crippen LogP) is 4.37. The van der Waals surface area contributed by atoms with E-state index in [1.54, 1.807) is 11.0 Å². The number of nitrogens with one attached hydrogen (secondary N) is 1. The Balaban J connectivity index is 1.14. The lowest BCUT2D eigenvalue weighted by molar-refractivity contribution is -0.138. The number of thiazole rings is 1. The molecule has 8 rings (SSSR count). The predicted molar refractivity (Wildman–Crippen MR) is 162 cm³/mol. The molecular formula is C32H28F3N3O6S2. The van der Waals surface area contributed by atoms with Crippen LogP contribution in [-0.2, 0) is 25.3 Å². The Morgan fingerprint density at radius 1 is 1.00 bits per heavy atom. The number of benzene rings is 2. The van der Waals surface area contributed by atoms with E-state index in [2.05, 4.69) is 4.98 Å². The molecule has 1 aromatic heterocycles. The summed E-state index contributed by atoms with van der Waals surface area (Å²) in [5.74, 6) is -2.85. The maximum Gasteiger partial charge on any atom is 0.416 e. The van der Waals surface area contributed by atoms with Crippen molar-refractivity contribution < 1.29 is 37.0 Å². The largest absolute Gasteiger partial charge is 0.483 e. The molecule has 2 aromatic carbocycles. The minimum Gasteiger partial charge on any atom is -0.483 e. The Morgan fingerprint density at radius 2 is 1.74 bits per heavy atom. The number of H-pyrrole nitrogens is 1. The van der Waals surface area contributed by atoms with Gasteiger partial charge in [0.15, 0.2) is 6.61 Å². The average molecular weight is 672 g/mol. The van der Waals surface area contributed by atoms with Gasteiger partial charge in [-0.05, 0) is 48.4 Å². The number of thioether (sulfide) groups is 1. The Bertz CT molecular complexity index is 1800. The fourth-order valence-electron chi connectivity index (χ4n) is 8.35. The maximum atomic E-state index is 14.0. The number of aromatic nitrogens is 1. The third-order valence-electron chi connectivity index (χ3n) is 10.1. The molecule has 3 aromatic rings. The molecule has 14 heteroatoms. The van der Waals surface area contributed by atoms with E-state index in [9.17, 15) is 32.3 Å². The summed E-state index contributed by atoms with van der Waals surface area (Å²) >= 11 is 2.63. The number of hydrogen-bond donors (Lipinski definition) is 1. The van der Waals surface area contributed by atoms with Gasteiger partial charge >= 0.3 is 11.0 Å². The van der Waals surface area contributed by atoms with Gasteiger partial charge in [0, 0.05) is 34.7 Å². The summed E-state index contributed by atoms with van der Waals surface area (Å²) in [5, 5.41) is 0.603. The molecule has 0 radical (unpaired) electrons. The summed E-state index contributed by atoms with van der Waals surface area (Å²) in [6.07, 6.45) is -3.99. The number of imide groups is 1. The van der Waals surface area contributed by atoms with Crippen LogP contribution in [0.1, 0.15) is 28.3 Å². The molecule has 0 spiro atoms. The number of amides is 3. The molecule has 46 heavy (non-hydrogen) atoms. The second-order valence-corrected chi connectivity index (χ2v) is 14.5. The van der Waals surface area contributed by atoms with E-state index in [4.69, 9.17) is 9.47 Å². The molecule has 9 nitrogen and oxygen atoms in total. The van der Waals surface area contributed by atoms with Gasteiger partial charge in [0.25, 0.3) is 5.91 Å². The topological polar surface area (TPSA) is 109 Å². The highest BCUT2D eigenvalue weighted by Crippen LogP contribution is 2.69. The number of morpholine rings is 1. The highest BCUT2D eigenvalue weighted by Gasteiger charge is 2.70. The Morgan fingerprint density at radius 3 is 2.50 bits per heavy atom. The summed E-state index contributed by atoms with van der Waals surface area (Å²) in [7, 11) is 0. The van der Waals surface area contributed by atoms with Crippen molar-refractivity contribution in [2.45, 2.75) is 28.8 Å². The fraction of sp³-hybridized carbons (Fsp3) is 0.438. The molecular weight excluding hydrogens is 643 g/mol. The van der Waals surface area contributed by atoms with Gasteiger partial charge in [-0.15, -0.1) is 11.8 Å². The Hall–Kier alpha value is -3.62. The molecule has 5 aliphatic rings. The zero-order chi connectivity index (χ0) is 31.9. The van der Waals surface area contributed by atoms with Crippen molar-refractivity contribution in [1.82, 2.24) is 9.88 Å². The van der Waals surface area contributed by atoms with Crippen molar-refractivity contribution >= 4 is 46.5 Å². The fourth-order valence-corrected chi connectivity index (χ4v) is 11.2. The lowest BCUT2D eigenvalue weighted by atomic mass is 9.68. The summed E-state index contributed by atoms with van der Waals surface area (Å²) < 4.78 is 52.1. The van der Waals surface area contributed by atoms with E-state index in [0.717, 1.165) is 43.8 Å². The summed E-state index contributed by atoms with van der Waals surface area (Å²) in [6, 6.07) is 11.8. The quantitative estimate of drug-likeness (QED) is 0.402. The highest BCUT2D eigenvalue weighted by molar-refractivity contribution is 8.00. The second-order valence-electron chi connectivity index (χ2n) is 12.3. The zero-order valence-corrected chi connectivity index (χ0v) is 25.8. The van der Waals surface area contributed by atoms with Crippen molar-refractivity contribution in [1.29, 1.82) is 0 Å². The molecule has 2 bridgehead atoms. The first-order valence-corrected chi connectivity index (χ1v) is 16.8. The van der Waals surface area contributed by atoms with Crippen molar-refractivity contribution in [3.05, 3.63) is 74.2 Å². The van der Waals surface area contributed by atoms with E-state index in [-0.39, 0.29) is 52.0 Å². The van der Waals surface area contributed by atoms with Crippen LogP contribution >= 0.6 is 23.1 Å². The third-order valence-corrected chi connectivity index (χ3v) is 12.7. The van der Waals surface area contributed by atoms with Crippen LogP contribution < -0.4 is 14.5 Å². The van der Waals surface area contributed by atoms with Gasteiger partial charge in [0.2, 0.25) is 11.8 Å². The third kappa shape index (κ3) is 4.62. The molecule has 240 valence electrons. The van der Waals surface area contributed by atoms with Crippen LogP contribution in [0, 0.1) is 29.6 Å². The first-order valence-electron chi connectivity index (χ1n) is 15.1. The van der Waals surface area contributed by atoms with Crippen LogP contribution in [0.5, 0.6) is 5.75 Å². The zero-order valence-electron chi connectivity index (χ0n) is 24.2. The number of halogens is 3. The van der Waals surface area contributed by atoms with Crippen LogP contribution in [0.15, 0.2) is 58.4 Å².